The van der Waals surface area contributed by atoms with Crippen LogP contribution in [0.3, 0.4) is 0 Å². The summed E-state index contributed by atoms with van der Waals surface area (Å²) >= 11 is 0. The van der Waals surface area contributed by atoms with Gasteiger partial charge in [-0.25, -0.2) is 8.42 Å². The summed E-state index contributed by atoms with van der Waals surface area (Å²) in [6.45, 7) is 5.43. The van der Waals surface area contributed by atoms with Crippen molar-refractivity contribution < 1.29 is 22.4 Å². The Bertz CT molecular complexity index is 986. The number of sulfonamides is 1. The number of fused-ring (bicyclic) bond motifs is 1. The molecule has 0 spiro atoms. The van der Waals surface area contributed by atoms with Crippen LogP contribution < -0.4 is 5.32 Å². The molecular formula is C22H30N2O5S. The lowest BCUT2D eigenvalue weighted by molar-refractivity contribution is 0.0635. The van der Waals surface area contributed by atoms with Crippen molar-refractivity contribution in [1.82, 2.24) is 9.62 Å². The molecule has 0 radical (unpaired) electrons. The number of furan rings is 1. The highest BCUT2D eigenvalue weighted by Crippen LogP contribution is 2.27. The fourth-order valence-electron chi connectivity index (χ4n) is 4.18. The van der Waals surface area contributed by atoms with Crippen molar-refractivity contribution in [2.45, 2.75) is 43.9 Å². The monoisotopic (exact) mass is 434 g/mol. The van der Waals surface area contributed by atoms with E-state index < -0.39 is 10.0 Å². The molecule has 0 bridgehead atoms. The molecule has 0 saturated carbocycles. The van der Waals surface area contributed by atoms with Gasteiger partial charge in [-0.1, -0.05) is 6.92 Å². The summed E-state index contributed by atoms with van der Waals surface area (Å²) in [6, 6.07) is 6.42. The summed E-state index contributed by atoms with van der Waals surface area (Å²) in [5.74, 6) is 1.08. The molecule has 164 valence electrons. The van der Waals surface area contributed by atoms with E-state index in [4.69, 9.17) is 9.15 Å². The molecule has 2 aliphatic rings. The number of carbonyl (C=O) groups excluding carboxylic acids is 1. The zero-order valence-electron chi connectivity index (χ0n) is 17.4. The van der Waals surface area contributed by atoms with Crippen LogP contribution in [-0.2, 0) is 14.8 Å². The number of nitrogens with zero attached hydrogens (tertiary/aromatic N) is 1. The topological polar surface area (TPSA) is 88.9 Å². The molecule has 2 aromatic rings. The number of nitrogens with one attached hydrogen (secondary N) is 1. The molecule has 8 heteroatoms. The fourth-order valence-corrected chi connectivity index (χ4v) is 5.69. The van der Waals surface area contributed by atoms with Crippen LogP contribution in [0.2, 0.25) is 0 Å². The highest BCUT2D eigenvalue weighted by atomic mass is 32.2. The van der Waals surface area contributed by atoms with Crippen LogP contribution in [0.1, 0.15) is 49.6 Å². The molecule has 4 rings (SSSR count). The van der Waals surface area contributed by atoms with E-state index >= 15 is 0 Å². The molecule has 0 unspecified atom stereocenters. The van der Waals surface area contributed by atoms with Crippen LogP contribution in [0.4, 0.5) is 0 Å². The van der Waals surface area contributed by atoms with E-state index in [-0.39, 0.29) is 16.6 Å². The van der Waals surface area contributed by atoms with Gasteiger partial charge in [-0.05, 0) is 68.2 Å². The first-order chi connectivity index (χ1) is 14.4. The lowest BCUT2D eigenvalue weighted by Crippen LogP contribution is -2.37. The normalized spacial score (nSPS) is 19.9. The van der Waals surface area contributed by atoms with E-state index in [2.05, 4.69) is 12.2 Å². The van der Waals surface area contributed by atoms with E-state index in [0.717, 1.165) is 45.3 Å². The second-order valence-electron chi connectivity index (χ2n) is 8.50. The molecule has 0 aliphatic carbocycles. The minimum absolute atomic E-state index is 0.207. The summed E-state index contributed by atoms with van der Waals surface area (Å²) < 4.78 is 38.5. The predicted molar refractivity (Wildman–Crippen MR) is 114 cm³/mol. The number of ether oxygens (including phenoxy) is 1. The smallest absolute Gasteiger partial charge is 0.287 e. The van der Waals surface area contributed by atoms with Crippen LogP contribution in [0, 0.1) is 11.8 Å². The minimum atomic E-state index is -3.53. The largest absolute Gasteiger partial charge is 0.451 e. The molecule has 2 aliphatic heterocycles. The molecule has 0 atom stereocenters. The number of piperidine rings is 1. The lowest BCUT2D eigenvalue weighted by atomic mass is 9.97. The number of hydrogen-bond acceptors (Lipinski definition) is 5. The first-order valence-corrected chi connectivity index (χ1v) is 12.3. The molecular weight excluding hydrogens is 404 g/mol. The summed E-state index contributed by atoms with van der Waals surface area (Å²) in [4.78, 5) is 12.7. The van der Waals surface area contributed by atoms with E-state index in [1.165, 1.54) is 0 Å². The van der Waals surface area contributed by atoms with E-state index in [1.54, 1.807) is 28.6 Å². The summed E-state index contributed by atoms with van der Waals surface area (Å²) in [5, 5.41) is 3.53. The maximum Gasteiger partial charge on any atom is 0.287 e. The Balaban J connectivity index is 1.42. The van der Waals surface area contributed by atoms with Crippen LogP contribution in [0.15, 0.2) is 33.6 Å². The standard InChI is InChI=1S/C22H30N2O5S/c1-16-5-10-24(11-6-16)30(26,27)19-2-3-20-18(14-19)15-21(29-20)22(25)23-9-4-17-7-12-28-13-8-17/h2-3,14-17H,4-13H2,1H3,(H,23,25). The Hall–Kier alpha value is -1.90. The number of carbonyl (C=O) groups is 1. The molecule has 3 heterocycles. The van der Waals surface area contributed by atoms with Crippen LogP contribution in [0.5, 0.6) is 0 Å². The minimum Gasteiger partial charge on any atom is -0.451 e. The average Bonchev–Trinajstić information content (AvgIpc) is 3.18. The number of rotatable bonds is 6. The van der Waals surface area contributed by atoms with Crippen molar-refractivity contribution >= 4 is 26.9 Å². The van der Waals surface area contributed by atoms with Crippen molar-refractivity contribution in [2.75, 3.05) is 32.8 Å². The quantitative estimate of drug-likeness (QED) is 0.753. The first kappa shape index (κ1) is 21.3. The number of hydrogen-bond donors (Lipinski definition) is 1. The first-order valence-electron chi connectivity index (χ1n) is 10.8. The van der Waals surface area contributed by atoms with Gasteiger partial charge in [-0.2, -0.15) is 4.31 Å². The molecule has 1 amide bonds. The van der Waals surface area contributed by atoms with E-state index in [9.17, 15) is 13.2 Å². The molecule has 30 heavy (non-hydrogen) atoms. The third-order valence-corrected chi connectivity index (χ3v) is 8.17. The highest BCUT2D eigenvalue weighted by Gasteiger charge is 2.28. The van der Waals surface area contributed by atoms with Crippen LogP contribution in [0.25, 0.3) is 11.0 Å². The summed E-state index contributed by atoms with van der Waals surface area (Å²) in [5.41, 5.74) is 0.510. The molecule has 1 N–H and O–H groups in total. The Kier molecular flexibility index (Phi) is 6.46. The predicted octanol–water partition coefficient (Wildman–Crippen LogP) is 3.40. The third kappa shape index (κ3) is 4.71. The Labute approximate surface area is 177 Å². The second kappa shape index (κ2) is 9.08. The maximum absolute atomic E-state index is 13.0. The Morgan fingerprint density at radius 2 is 1.87 bits per heavy atom. The van der Waals surface area contributed by atoms with Gasteiger partial charge in [-0.3, -0.25) is 4.79 Å². The molecule has 2 saturated heterocycles. The van der Waals surface area contributed by atoms with Crippen molar-refractivity contribution in [3.63, 3.8) is 0 Å². The van der Waals surface area contributed by atoms with Gasteiger partial charge < -0.3 is 14.5 Å². The van der Waals surface area contributed by atoms with Crippen molar-refractivity contribution in [3.05, 3.63) is 30.0 Å². The van der Waals surface area contributed by atoms with Crippen LogP contribution >= 0.6 is 0 Å². The summed E-state index contributed by atoms with van der Waals surface area (Å²) in [7, 11) is -3.53. The lowest BCUT2D eigenvalue weighted by Gasteiger charge is -2.29. The zero-order valence-corrected chi connectivity index (χ0v) is 18.2. The molecule has 2 fully saturated rings. The van der Waals surface area contributed by atoms with E-state index in [1.807, 2.05) is 0 Å². The van der Waals surface area contributed by atoms with Crippen molar-refractivity contribution in [1.29, 1.82) is 0 Å². The molecule has 1 aromatic carbocycles. The van der Waals surface area contributed by atoms with Crippen LogP contribution in [-0.4, -0.2) is 51.5 Å². The summed E-state index contributed by atoms with van der Waals surface area (Å²) in [6.07, 6.45) is 4.75. The van der Waals surface area contributed by atoms with Gasteiger partial charge in [0.25, 0.3) is 5.91 Å². The van der Waals surface area contributed by atoms with Gasteiger partial charge in [0.2, 0.25) is 10.0 Å². The van der Waals surface area contributed by atoms with E-state index in [0.29, 0.717) is 42.4 Å². The number of amides is 1. The van der Waals surface area contributed by atoms with Gasteiger partial charge in [0, 0.05) is 38.2 Å². The highest BCUT2D eigenvalue weighted by molar-refractivity contribution is 7.89. The van der Waals surface area contributed by atoms with Crippen molar-refractivity contribution in [2.24, 2.45) is 11.8 Å². The molecule has 7 nitrogen and oxygen atoms in total. The third-order valence-electron chi connectivity index (χ3n) is 6.27. The fraction of sp³-hybridized carbons (Fsp3) is 0.591. The van der Waals surface area contributed by atoms with Gasteiger partial charge in [-0.15, -0.1) is 0 Å². The van der Waals surface area contributed by atoms with Gasteiger partial charge >= 0.3 is 0 Å². The second-order valence-corrected chi connectivity index (χ2v) is 10.4. The van der Waals surface area contributed by atoms with Gasteiger partial charge in [0.1, 0.15) is 5.58 Å². The Morgan fingerprint density at radius 1 is 1.13 bits per heavy atom. The average molecular weight is 435 g/mol. The van der Waals surface area contributed by atoms with Crippen molar-refractivity contribution in [3.8, 4) is 0 Å². The zero-order chi connectivity index (χ0) is 21.1. The maximum atomic E-state index is 13.0. The number of benzene rings is 1. The molecule has 1 aromatic heterocycles. The van der Waals surface area contributed by atoms with Gasteiger partial charge in [0.15, 0.2) is 5.76 Å². The SMILES string of the molecule is CC1CCN(S(=O)(=O)c2ccc3oc(C(=O)NCCC4CCOCC4)cc3c2)CC1. The Morgan fingerprint density at radius 3 is 2.60 bits per heavy atom. The van der Waals surface area contributed by atoms with Gasteiger partial charge in [0.05, 0.1) is 4.90 Å².